The predicted molar refractivity (Wildman–Crippen MR) is 351 cm³/mol. The first kappa shape index (κ1) is 48.3. The average molecular weight is 1080 g/mol. The Bertz CT molecular complexity index is 4720. The highest BCUT2D eigenvalue weighted by molar-refractivity contribution is 5.97. The molecule has 5 aliphatic carbocycles. The van der Waals surface area contributed by atoms with Gasteiger partial charge in [-0.05, 0) is 171 Å². The van der Waals surface area contributed by atoms with Gasteiger partial charge in [-0.1, -0.05) is 263 Å². The minimum Gasteiger partial charge on any atom is -0.333 e. The Balaban J connectivity index is 0.788. The number of allylic oxidation sites excluding steroid dienone is 2. The molecule has 1 heterocycles. The summed E-state index contributed by atoms with van der Waals surface area (Å²) in [6, 6.07) is 108. The molecule has 0 amide bonds. The lowest BCUT2D eigenvalue weighted by atomic mass is 9.67. The fraction of sp³-hybridized carbons (Fsp3) is 0.0843. The summed E-state index contributed by atoms with van der Waals surface area (Å²) in [6.07, 6.45) is 7.40. The highest BCUT2D eigenvalue weighted by Crippen LogP contribution is 2.64. The van der Waals surface area contributed by atoms with Crippen LogP contribution < -0.4 is 9.80 Å². The van der Waals surface area contributed by atoms with Gasteiger partial charge in [-0.3, -0.25) is 0 Å². The molecule has 2 atom stereocenters. The maximum absolute atomic E-state index is 2.57. The molecule has 0 bridgehead atoms. The van der Waals surface area contributed by atoms with Gasteiger partial charge in [0.2, 0.25) is 0 Å². The van der Waals surface area contributed by atoms with Gasteiger partial charge in [0.1, 0.15) is 0 Å². The highest BCUT2D eigenvalue weighted by Gasteiger charge is 2.52. The third kappa shape index (κ3) is 6.49. The molecule has 18 rings (SSSR count). The van der Waals surface area contributed by atoms with Crippen molar-refractivity contribution in [2.24, 2.45) is 0 Å². The van der Waals surface area contributed by atoms with Crippen LogP contribution in [0.4, 0.5) is 28.4 Å². The van der Waals surface area contributed by atoms with Gasteiger partial charge in [-0.15, -0.1) is 0 Å². The second kappa shape index (κ2) is 17.9. The Morgan fingerprint density at radius 3 is 1.33 bits per heavy atom. The standard InChI is InChI=1S/C83H58N2/c1-81(2)71-31-15-9-25-61(71)67-45-43-59(51-77(67)81)84(60-44-46-68-66-30-14-20-36-76(66)83(78(68)52-60)74-34-18-12-28-64(74)65-29-13-19-35-75(65)83)58-41-37-53(38-42-58)54-39-47-79-69(49-54)70-50-56(40-48-80(70)85(79)57-23-7-4-8-24-57)82(55-21-5-3-6-22-55)72-32-16-10-26-62(72)63-27-11-17-33-73(63)82/h3-52,69,79H,1-2H3. The van der Waals surface area contributed by atoms with Gasteiger partial charge in [0.25, 0.3) is 0 Å². The first-order chi connectivity index (χ1) is 41.9. The molecule has 2 nitrogen and oxygen atoms in total. The van der Waals surface area contributed by atoms with Gasteiger partial charge >= 0.3 is 0 Å². The minimum absolute atomic E-state index is 0.0960. The molecular weight excluding hydrogens is 1020 g/mol. The second-order valence-electron chi connectivity index (χ2n) is 24.6. The predicted octanol–water partition coefficient (Wildman–Crippen LogP) is 20.4. The number of hydrogen-bond acceptors (Lipinski definition) is 2. The number of rotatable bonds is 7. The Morgan fingerprint density at radius 2 is 0.776 bits per heavy atom. The molecule has 1 aliphatic heterocycles. The van der Waals surface area contributed by atoms with Crippen molar-refractivity contribution in [3.8, 4) is 44.5 Å². The Labute approximate surface area is 497 Å². The number of para-hydroxylation sites is 1. The van der Waals surface area contributed by atoms with Crippen molar-refractivity contribution in [2.75, 3.05) is 9.80 Å². The van der Waals surface area contributed by atoms with Crippen LogP contribution in [0, 0.1) is 0 Å². The SMILES string of the molecule is CC1(C)c2ccccc2-c2ccc(N(c3ccc(C4=CC5c6cc(C7(c8ccccc8)c8ccccc8-c8ccccc87)ccc6N(c6ccccc6)C5C=C4)cc3)c3ccc4c(c3)C3(c5ccccc5-c5ccccc53)c3ccccc3-4)cc21. The average Bonchev–Trinajstić information content (AvgIpc) is 1.57. The number of nitrogens with zero attached hydrogens (tertiary/aromatic N) is 2. The van der Waals surface area contributed by atoms with Crippen LogP contribution in [0.3, 0.4) is 0 Å². The summed E-state index contributed by atoms with van der Waals surface area (Å²) < 4.78 is 0. The van der Waals surface area contributed by atoms with Crippen LogP contribution in [-0.4, -0.2) is 6.04 Å². The van der Waals surface area contributed by atoms with E-state index in [1.165, 1.54) is 128 Å². The molecule has 12 aromatic rings. The molecule has 0 radical (unpaired) electrons. The number of fused-ring (bicyclic) bond motifs is 19. The smallest absolute Gasteiger partial charge is 0.0726 e. The van der Waals surface area contributed by atoms with Crippen molar-refractivity contribution in [1.29, 1.82) is 0 Å². The molecule has 85 heavy (non-hydrogen) atoms. The van der Waals surface area contributed by atoms with Crippen LogP contribution in [0.1, 0.15) is 86.5 Å². The molecule has 0 N–H and O–H groups in total. The third-order valence-electron chi connectivity index (χ3n) is 20.3. The summed E-state index contributed by atoms with van der Waals surface area (Å²) in [5, 5.41) is 0. The molecule has 2 unspecified atom stereocenters. The zero-order valence-electron chi connectivity index (χ0n) is 47.4. The van der Waals surface area contributed by atoms with Gasteiger partial charge in [-0.2, -0.15) is 0 Å². The van der Waals surface area contributed by atoms with E-state index in [0.717, 1.165) is 17.1 Å². The molecule has 1 spiro atoms. The third-order valence-corrected chi connectivity index (χ3v) is 20.3. The summed E-state index contributed by atoms with van der Waals surface area (Å²) >= 11 is 0. The van der Waals surface area contributed by atoms with Crippen LogP contribution in [-0.2, 0) is 16.2 Å². The van der Waals surface area contributed by atoms with Crippen LogP contribution in [0.25, 0.3) is 50.1 Å². The van der Waals surface area contributed by atoms with Crippen LogP contribution in [0.5, 0.6) is 0 Å². The van der Waals surface area contributed by atoms with Crippen molar-refractivity contribution < 1.29 is 0 Å². The van der Waals surface area contributed by atoms with Crippen molar-refractivity contribution in [3.05, 3.63) is 370 Å². The van der Waals surface area contributed by atoms with E-state index in [1.54, 1.807) is 0 Å². The van der Waals surface area contributed by atoms with Gasteiger partial charge in [0.15, 0.2) is 0 Å². The fourth-order valence-corrected chi connectivity index (χ4v) is 16.7. The quantitative estimate of drug-likeness (QED) is 0.157. The minimum atomic E-state index is -0.494. The van der Waals surface area contributed by atoms with Gasteiger partial charge in [0, 0.05) is 39.8 Å². The molecule has 2 heteroatoms. The largest absolute Gasteiger partial charge is 0.333 e. The molecular formula is C83H58N2. The number of benzene rings is 12. The van der Waals surface area contributed by atoms with Crippen molar-refractivity contribution in [3.63, 3.8) is 0 Å². The fourth-order valence-electron chi connectivity index (χ4n) is 16.7. The zero-order valence-corrected chi connectivity index (χ0v) is 47.4. The second-order valence-corrected chi connectivity index (χ2v) is 24.6. The molecule has 0 saturated carbocycles. The van der Waals surface area contributed by atoms with Gasteiger partial charge in [-0.25, -0.2) is 0 Å². The van der Waals surface area contributed by atoms with E-state index in [9.17, 15) is 0 Å². The lowest BCUT2D eigenvalue weighted by Gasteiger charge is -2.34. The van der Waals surface area contributed by atoms with Crippen molar-refractivity contribution in [2.45, 2.75) is 42.1 Å². The Hall–Kier alpha value is -10.3. The highest BCUT2D eigenvalue weighted by atomic mass is 15.2. The van der Waals surface area contributed by atoms with Crippen molar-refractivity contribution in [1.82, 2.24) is 0 Å². The Kier molecular flexibility index (Phi) is 10.1. The summed E-state index contributed by atoms with van der Waals surface area (Å²) in [6.45, 7) is 4.78. The Morgan fingerprint density at radius 1 is 0.341 bits per heavy atom. The number of anilines is 5. The molecule has 12 aromatic carbocycles. The zero-order chi connectivity index (χ0) is 56.2. The van der Waals surface area contributed by atoms with E-state index in [0.29, 0.717) is 0 Å². The van der Waals surface area contributed by atoms with Crippen LogP contribution in [0.2, 0.25) is 0 Å². The van der Waals surface area contributed by atoms with Gasteiger partial charge < -0.3 is 9.80 Å². The van der Waals surface area contributed by atoms with Crippen LogP contribution in [0.15, 0.2) is 303 Å². The normalized spacial score (nSPS) is 17.3. The summed E-state index contributed by atoms with van der Waals surface area (Å²) in [4.78, 5) is 5.08. The topological polar surface area (TPSA) is 6.48 Å². The summed E-state index contributed by atoms with van der Waals surface area (Å²) in [5.41, 5.74) is 32.3. The molecule has 0 aromatic heterocycles. The monoisotopic (exact) mass is 1080 g/mol. The first-order valence-electron chi connectivity index (χ1n) is 30.1. The lowest BCUT2D eigenvalue weighted by molar-refractivity contribution is 0.660. The maximum Gasteiger partial charge on any atom is 0.0726 e. The molecule has 0 saturated heterocycles. The first-order valence-corrected chi connectivity index (χ1v) is 30.1. The maximum atomic E-state index is 2.57. The molecule has 0 fully saturated rings. The molecule has 400 valence electrons. The van der Waals surface area contributed by atoms with Gasteiger partial charge in [0.05, 0.1) is 16.9 Å². The lowest BCUT2D eigenvalue weighted by Crippen LogP contribution is -2.28. The summed E-state index contributed by atoms with van der Waals surface area (Å²) in [5.74, 6) is 0.0960. The van der Waals surface area contributed by atoms with E-state index in [2.05, 4.69) is 327 Å². The van der Waals surface area contributed by atoms with E-state index in [4.69, 9.17) is 0 Å². The van der Waals surface area contributed by atoms with E-state index in [-0.39, 0.29) is 17.4 Å². The summed E-state index contributed by atoms with van der Waals surface area (Å²) in [7, 11) is 0. The van der Waals surface area contributed by atoms with E-state index < -0.39 is 10.8 Å². The van der Waals surface area contributed by atoms with E-state index >= 15 is 0 Å². The van der Waals surface area contributed by atoms with Crippen molar-refractivity contribution >= 4 is 34.0 Å². The van der Waals surface area contributed by atoms with Crippen LogP contribution >= 0.6 is 0 Å². The van der Waals surface area contributed by atoms with E-state index in [1.807, 2.05) is 0 Å². The number of hydrogen-bond donors (Lipinski definition) is 0. The molecule has 6 aliphatic rings.